The van der Waals surface area contributed by atoms with E-state index in [-0.39, 0.29) is 0 Å². The van der Waals surface area contributed by atoms with E-state index in [0.29, 0.717) is 29.1 Å². The van der Waals surface area contributed by atoms with Crippen molar-refractivity contribution in [3.63, 3.8) is 0 Å². The molecule has 0 atom stereocenters. The van der Waals surface area contributed by atoms with Crippen molar-refractivity contribution in [3.05, 3.63) is 103 Å². The minimum absolute atomic E-state index is 0.592. The average Bonchev–Trinajstić information content (AvgIpc) is 2.97. The summed E-state index contributed by atoms with van der Waals surface area (Å²) in [5.74, 6) is 3.15. The first-order chi connectivity index (χ1) is 17.7. The third-order valence-electron chi connectivity index (χ3n) is 5.50. The summed E-state index contributed by atoms with van der Waals surface area (Å²) in [6, 6.07) is 27.5. The molecule has 0 fully saturated rings. The van der Waals surface area contributed by atoms with Crippen LogP contribution in [-0.2, 0) is 0 Å². The Bertz CT molecular complexity index is 1510. The number of aromatic nitrogens is 5. The molecule has 7 heteroatoms. The second kappa shape index (κ2) is 10.6. The van der Waals surface area contributed by atoms with Crippen molar-refractivity contribution in [2.45, 2.75) is 6.92 Å². The molecule has 2 heterocycles. The largest absolute Gasteiger partial charge is 0.270 e. The van der Waals surface area contributed by atoms with Gasteiger partial charge in [-0.15, -0.1) is 0 Å². The van der Waals surface area contributed by atoms with Crippen LogP contribution in [0.5, 0.6) is 0 Å². The van der Waals surface area contributed by atoms with E-state index in [1.165, 1.54) is 0 Å². The quantitative estimate of drug-likeness (QED) is 0.240. The lowest BCUT2D eigenvalue weighted by atomic mass is 10.1. The second-order valence-electron chi connectivity index (χ2n) is 7.83. The van der Waals surface area contributed by atoms with E-state index in [1.54, 1.807) is 31.7 Å². The Labute approximate surface area is 209 Å². The Kier molecular flexibility index (Phi) is 6.71. The van der Waals surface area contributed by atoms with Crippen LogP contribution < -0.4 is 0 Å². The Hall–Kier alpha value is -4.91. The van der Waals surface area contributed by atoms with Crippen molar-refractivity contribution in [3.8, 4) is 45.6 Å². The normalized spacial score (nSPS) is 11.7. The predicted molar refractivity (Wildman–Crippen MR) is 144 cm³/mol. The van der Waals surface area contributed by atoms with Crippen molar-refractivity contribution >= 4 is 12.1 Å². The number of rotatable bonds is 5. The van der Waals surface area contributed by atoms with Crippen LogP contribution in [0, 0.1) is 0 Å². The van der Waals surface area contributed by atoms with Gasteiger partial charge in [-0.2, -0.15) is 0 Å². The van der Waals surface area contributed by atoms with E-state index < -0.39 is 0 Å². The van der Waals surface area contributed by atoms with Gasteiger partial charge in [-0.25, -0.2) is 29.9 Å². The van der Waals surface area contributed by atoms with Gasteiger partial charge in [0.05, 0.1) is 0 Å². The van der Waals surface area contributed by atoms with Crippen LogP contribution in [0.1, 0.15) is 12.5 Å². The van der Waals surface area contributed by atoms with Crippen molar-refractivity contribution in [1.29, 1.82) is 0 Å². The average molecular weight is 470 g/mol. The topological polar surface area (TPSA) is 89.2 Å². The highest BCUT2D eigenvalue weighted by Gasteiger charge is 2.13. The molecule has 5 aromatic rings. The maximum Gasteiger partial charge on any atom is 0.164 e. The SMILES string of the molecule is C/C=N\C(=N/C)c1ccc(-c2nc(-c3ccccc3)nc(-c3ccc(-c4ncccn4)cc3)n2)cc1. The van der Waals surface area contributed by atoms with Crippen molar-refractivity contribution in [2.24, 2.45) is 9.98 Å². The molecule has 0 N–H and O–H groups in total. The summed E-state index contributed by atoms with van der Waals surface area (Å²) in [7, 11) is 1.73. The molecule has 0 spiro atoms. The number of benzene rings is 3. The van der Waals surface area contributed by atoms with Gasteiger partial charge < -0.3 is 0 Å². The number of nitrogens with zero attached hydrogens (tertiary/aromatic N) is 7. The van der Waals surface area contributed by atoms with E-state index in [2.05, 4.69) is 20.0 Å². The zero-order valence-electron chi connectivity index (χ0n) is 19.9. The fourth-order valence-electron chi connectivity index (χ4n) is 3.72. The van der Waals surface area contributed by atoms with E-state index in [9.17, 15) is 0 Å². The minimum Gasteiger partial charge on any atom is -0.270 e. The molecule has 3 aromatic carbocycles. The molecule has 5 rings (SSSR count). The molecule has 0 saturated carbocycles. The summed E-state index contributed by atoms with van der Waals surface area (Å²) in [4.78, 5) is 31.6. The summed E-state index contributed by atoms with van der Waals surface area (Å²) in [5, 5.41) is 0. The third kappa shape index (κ3) is 4.95. The highest BCUT2D eigenvalue weighted by Crippen LogP contribution is 2.26. The first-order valence-electron chi connectivity index (χ1n) is 11.5. The van der Waals surface area contributed by atoms with Gasteiger partial charge in [0.1, 0.15) is 0 Å². The molecular formula is C29H23N7. The summed E-state index contributed by atoms with van der Waals surface area (Å²) >= 11 is 0. The van der Waals surface area contributed by atoms with Gasteiger partial charge in [-0.1, -0.05) is 78.9 Å². The lowest BCUT2D eigenvalue weighted by Gasteiger charge is -2.09. The fourth-order valence-corrected chi connectivity index (χ4v) is 3.72. The van der Waals surface area contributed by atoms with Crippen molar-refractivity contribution in [2.75, 3.05) is 7.05 Å². The number of hydrogen-bond acceptors (Lipinski definition) is 6. The zero-order valence-corrected chi connectivity index (χ0v) is 19.9. The summed E-state index contributed by atoms with van der Waals surface area (Å²) in [5.41, 5.74) is 4.53. The first kappa shape index (κ1) is 22.9. The molecule has 0 amide bonds. The molecule has 36 heavy (non-hydrogen) atoms. The van der Waals surface area contributed by atoms with Gasteiger partial charge in [-0.05, 0) is 13.0 Å². The highest BCUT2D eigenvalue weighted by atomic mass is 15.0. The molecule has 0 aliphatic rings. The molecular weight excluding hydrogens is 446 g/mol. The van der Waals surface area contributed by atoms with Crippen molar-refractivity contribution < 1.29 is 0 Å². The van der Waals surface area contributed by atoms with Gasteiger partial charge in [0.25, 0.3) is 0 Å². The van der Waals surface area contributed by atoms with Crippen LogP contribution in [0.4, 0.5) is 0 Å². The Morgan fingerprint density at radius 3 is 1.56 bits per heavy atom. The molecule has 0 unspecified atom stereocenters. The van der Waals surface area contributed by atoms with Gasteiger partial charge in [0.15, 0.2) is 29.1 Å². The molecule has 2 aromatic heterocycles. The molecule has 0 aliphatic heterocycles. The van der Waals surface area contributed by atoms with Crippen LogP contribution in [0.3, 0.4) is 0 Å². The van der Waals surface area contributed by atoms with Crippen molar-refractivity contribution in [1.82, 2.24) is 24.9 Å². The third-order valence-corrected chi connectivity index (χ3v) is 5.50. The standard InChI is InChI=1S/C29H23N7/c1-3-31-25(30-2)21-10-14-23(15-11-21)28-34-27(20-8-5-4-6-9-20)35-29(36-28)24-16-12-22(13-17-24)26-32-18-7-19-33-26/h3-19H,1-2H3/b30-25-,31-3-. The monoisotopic (exact) mass is 469 g/mol. The molecule has 0 saturated heterocycles. The van der Waals surface area contributed by atoms with E-state index >= 15 is 0 Å². The highest BCUT2D eigenvalue weighted by molar-refractivity contribution is 6.02. The maximum atomic E-state index is 4.82. The van der Waals surface area contributed by atoms with Crippen LogP contribution in [0.25, 0.3) is 45.6 Å². The van der Waals surface area contributed by atoms with Crippen LogP contribution >= 0.6 is 0 Å². The second-order valence-corrected chi connectivity index (χ2v) is 7.83. The Balaban J connectivity index is 1.57. The van der Waals surface area contributed by atoms with Gasteiger partial charge in [0.2, 0.25) is 0 Å². The van der Waals surface area contributed by atoms with E-state index in [0.717, 1.165) is 27.8 Å². The summed E-state index contributed by atoms with van der Waals surface area (Å²) < 4.78 is 0. The van der Waals surface area contributed by atoms with Gasteiger partial charge in [0, 0.05) is 53.5 Å². The van der Waals surface area contributed by atoms with Gasteiger partial charge in [-0.3, -0.25) is 4.99 Å². The van der Waals surface area contributed by atoms with Crippen LogP contribution in [0.15, 0.2) is 107 Å². The lowest BCUT2D eigenvalue weighted by molar-refractivity contribution is 1.07. The molecule has 174 valence electrons. The smallest absolute Gasteiger partial charge is 0.164 e. The molecule has 0 bridgehead atoms. The summed E-state index contributed by atoms with van der Waals surface area (Å²) in [6.07, 6.45) is 5.20. The van der Waals surface area contributed by atoms with E-state index in [4.69, 9.17) is 15.0 Å². The van der Waals surface area contributed by atoms with Crippen LogP contribution in [-0.4, -0.2) is 44.0 Å². The fraction of sp³-hybridized carbons (Fsp3) is 0.0690. The maximum absolute atomic E-state index is 4.82. The minimum atomic E-state index is 0.592. The Morgan fingerprint density at radius 1 is 0.583 bits per heavy atom. The van der Waals surface area contributed by atoms with Gasteiger partial charge >= 0.3 is 0 Å². The van der Waals surface area contributed by atoms with E-state index in [1.807, 2.05) is 85.8 Å². The first-order valence-corrected chi connectivity index (χ1v) is 11.5. The molecule has 0 radical (unpaired) electrons. The Morgan fingerprint density at radius 2 is 1.06 bits per heavy atom. The molecule has 0 aliphatic carbocycles. The number of amidine groups is 1. The van der Waals surface area contributed by atoms with Crippen LogP contribution in [0.2, 0.25) is 0 Å². The zero-order chi connectivity index (χ0) is 24.7. The number of hydrogen-bond donors (Lipinski definition) is 0. The predicted octanol–water partition coefficient (Wildman–Crippen LogP) is 5.80. The number of aliphatic imine (C=N–C) groups is 2. The summed E-state index contributed by atoms with van der Waals surface area (Å²) in [6.45, 7) is 1.87. The lowest BCUT2D eigenvalue weighted by Crippen LogP contribution is -2.01. The molecule has 7 nitrogen and oxygen atoms in total.